The first-order chi connectivity index (χ1) is 14.5. The third-order valence-electron chi connectivity index (χ3n) is 5.31. The average molecular weight is 425 g/mol. The Morgan fingerprint density at radius 1 is 1.27 bits per heavy atom. The highest BCUT2D eigenvalue weighted by atomic mass is 32.2. The lowest BCUT2D eigenvalue weighted by atomic mass is 9.96. The molecule has 156 valence electrons. The van der Waals surface area contributed by atoms with Gasteiger partial charge in [0.1, 0.15) is 5.82 Å². The number of likely N-dealkylation sites (tertiary alicyclic amines) is 1. The Balaban J connectivity index is 1.53. The molecule has 1 aliphatic rings. The van der Waals surface area contributed by atoms with Crippen LogP contribution in [0, 0.1) is 0 Å². The molecule has 4 rings (SSSR count). The van der Waals surface area contributed by atoms with E-state index in [4.69, 9.17) is 0 Å². The molecule has 1 aliphatic heterocycles. The van der Waals surface area contributed by atoms with Gasteiger partial charge in [0.2, 0.25) is 10.0 Å². The van der Waals surface area contributed by atoms with E-state index in [1.807, 2.05) is 24.3 Å². The number of H-pyrrole nitrogens is 1. The molecule has 30 heavy (non-hydrogen) atoms. The van der Waals surface area contributed by atoms with Gasteiger partial charge in [0.15, 0.2) is 0 Å². The summed E-state index contributed by atoms with van der Waals surface area (Å²) >= 11 is 0. The SMILES string of the molecule is C=CCNS(=O)(=O)c1cccc(C(=O)N2CCCC(c3nc4ccccc4[nH]3)C2)c1. The van der Waals surface area contributed by atoms with Gasteiger partial charge in [0.05, 0.1) is 15.9 Å². The summed E-state index contributed by atoms with van der Waals surface area (Å²) in [5.74, 6) is 0.839. The Hall–Kier alpha value is -2.97. The smallest absolute Gasteiger partial charge is 0.253 e. The molecule has 2 aromatic carbocycles. The van der Waals surface area contributed by atoms with E-state index in [1.165, 1.54) is 18.2 Å². The lowest BCUT2D eigenvalue weighted by molar-refractivity contribution is 0.0704. The molecule has 7 nitrogen and oxygen atoms in total. The minimum Gasteiger partial charge on any atom is -0.342 e. The summed E-state index contributed by atoms with van der Waals surface area (Å²) in [6.07, 6.45) is 3.29. The summed E-state index contributed by atoms with van der Waals surface area (Å²) in [6.45, 7) is 4.83. The molecule has 0 saturated carbocycles. The van der Waals surface area contributed by atoms with E-state index < -0.39 is 10.0 Å². The maximum absolute atomic E-state index is 13.1. The Kier molecular flexibility index (Phi) is 5.69. The molecule has 0 spiro atoms. The van der Waals surface area contributed by atoms with Gasteiger partial charge < -0.3 is 9.88 Å². The van der Waals surface area contributed by atoms with Crippen LogP contribution in [0.3, 0.4) is 0 Å². The second-order valence-electron chi connectivity index (χ2n) is 7.40. The lowest BCUT2D eigenvalue weighted by Gasteiger charge is -2.32. The number of nitrogens with one attached hydrogen (secondary N) is 2. The third-order valence-corrected chi connectivity index (χ3v) is 6.73. The maximum atomic E-state index is 13.1. The van der Waals surface area contributed by atoms with Crippen molar-refractivity contribution in [3.05, 3.63) is 72.6 Å². The van der Waals surface area contributed by atoms with Gasteiger partial charge in [0, 0.05) is 31.1 Å². The van der Waals surface area contributed by atoms with Crippen molar-refractivity contribution in [2.75, 3.05) is 19.6 Å². The number of nitrogens with zero attached hydrogens (tertiary/aromatic N) is 2. The van der Waals surface area contributed by atoms with Gasteiger partial charge in [-0.05, 0) is 43.2 Å². The number of aromatic amines is 1. The molecule has 2 N–H and O–H groups in total. The topological polar surface area (TPSA) is 95.2 Å². The molecule has 1 atom stereocenters. The molecule has 2 heterocycles. The first kappa shape index (κ1) is 20.3. The molecule has 1 saturated heterocycles. The standard InChI is InChI=1S/C22H24N4O3S/c1-2-12-23-30(28,29)18-9-5-7-16(14-18)22(27)26-13-6-8-17(15-26)21-24-19-10-3-4-11-20(19)25-21/h2-5,7,9-11,14,17,23H,1,6,8,12-13,15H2,(H,24,25). The molecule has 1 fully saturated rings. The van der Waals surface area contributed by atoms with E-state index in [0.717, 1.165) is 29.7 Å². The summed E-state index contributed by atoms with van der Waals surface area (Å²) < 4.78 is 27.2. The second kappa shape index (κ2) is 8.41. The molecule has 0 aliphatic carbocycles. The normalized spacial score (nSPS) is 17.2. The van der Waals surface area contributed by atoms with Crippen molar-refractivity contribution >= 4 is 27.0 Å². The van der Waals surface area contributed by atoms with Crippen molar-refractivity contribution < 1.29 is 13.2 Å². The fourth-order valence-electron chi connectivity index (χ4n) is 3.78. The van der Waals surface area contributed by atoms with E-state index in [0.29, 0.717) is 18.7 Å². The van der Waals surface area contributed by atoms with Crippen LogP contribution in [0.4, 0.5) is 0 Å². The van der Waals surface area contributed by atoms with Gasteiger partial charge in [-0.15, -0.1) is 6.58 Å². The van der Waals surface area contributed by atoms with Crippen LogP contribution < -0.4 is 4.72 Å². The zero-order chi connectivity index (χ0) is 21.1. The number of carbonyl (C=O) groups excluding carboxylic acids is 1. The van der Waals surface area contributed by atoms with Gasteiger partial charge in [-0.25, -0.2) is 18.1 Å². The fourth-order valence-corrected chi connectivity index (χ4v) is 4.83. The number of aromatic nitrogens is 2. The summed E-state index contributed by atoms with van der Waals surface area (Å²) in [5.41, 5.74) is 2.27. The zero-order valence-electron chi connectivity index (χ0n) is 16.5. The number of fused-ring (bicyclic) bond motifs is 1. The van der Waals surface area contributed by atoms with Crippen LogP contribution in [0.5, 0.6) is 0 Å². The molecular formula is C22H24N4O3S. The second-order valence-corrected chi connectivity index (χ2v) is 9.16. The number of para-hydroxylation sites is 2. The van der Waals surface area contributed by atoms with E-state index in [9.17, 15) is 13.2 Å². The van der Waals surface area contributed by atoms with Gasteiger partial charge in [-0.1, -0.05) is 24.3 Å². The van der Waals surface area contributed by atoms with Crippen molar-refractivity contribution in [2.45, 2.75) is 23.7 Å². The summed E-state index contributed by atoms with van der Waals surface area (Å²) in [4.78, 5) is 23.0. The number of rotatable bonds is 6. The minimum atomic E-state index is -3.68. The summed E-state index contributed by atoms with van der Waals surface area (Å²) in [5, 5.41) is 0. The molecule has 8 heteroatoms. The largest absolute Gasteiger partial charge is 0.342 e. The van der Waals surface area contributed by atoms with E-state index in [2.05, 4.69) is 21.3 Å². The molecule has 0 radical (unpaired) electrons. The number of piperidine rings is 1. The third kappa shape index (κ3) is 4.15. The zero-order valence-corrected chi connectivity index (χ0v) is 17.4. The summed E-state index contributed by atoms with van der Waals surface area (Å²) in [6, 6.07) is 14.0. The monoisotopic (exact) mass is 424 g/mol. The van der Waals surface area contributed by atoms with E-state index in [-0.39, 0.29) is 23.3 Å². The van der Waals surface area contributed by atoms with Crippen molar-refractivity contribution in [2.24, 2.45) is 0 Å². The van der Waals surface area contributed by atoms with Crippen molar-refractivity contribution in [1.29, 1.82) is 0 Å². The molecule has 0 bridgehead atoms. The highest BCUT2D eigenvalue weighted by molar-refractivity contribution is 7.89. The van der Waals surface area contributed by atoms with Crippen LogP contribution >= 0.6 is 0 Å². The Bertz CT molecular complexity index is 1150. The number of hydrogen-bond donors (Lipinski definition) is 2. The van der Waals surface area contributed by atoms with Crippen LogP contribution in [-0.4, -0.2) is 48.8 Å². The maximum Gasteiger partial charge on any atom is 0.253 e. The molecule has 3 aromatic rings. The Morgan fingerprint density at radius 3 is 2.90 bits per heavy atom. The fraction of sp³-hybridized carbons (Fsp3) is 0.273. The van der Waals surface area contributed by atoms with E-state index >= 15 is 0 Å². The number of hydrogen-bond acceptors (Lipinski definition) is 4. The predicted octanol–water partition coefficient (Wildman–Crippen LogP) is 3.05. The van der Waals surface area contributed by atoms with Crippen molar-refractivity contribution in [3.8, 4) is 0 Å². The average Bonchev–Trinajstić information content (AvgIpc) is 3.22. The highest BCUT2D eigenvalue weighted by Crippen LogP contribution is 2.28. The molecule has 1 unspecified atom stereocenters. The van der Waals surface area contributed by atoms with Gasteiger partial charge in [0.25, 0.3) is 5.91 Å². The Morgan fingerprint density at radius 2 is 2.10 bits per heavy atom. The number of imidazole rings is 1. The molecular weight excluding hydrogens is 400 g/mol. The van der Waals surface area contributed by atoms with Gasteiger partial charge in [-0.2, -0.15) is 0 Å². The van der Waals surface area contributed by atoms with Crippen molar-refractivity contribution in [1.82, 2.24) is 19.6 Å². The van der Waals surface area contributed by atoms with Crippen LogP contribution in [0.15, 0.2) is 66.1 Å². The summed E-state index contributed by atoms with van der Waals surface area (Å²) in [7, 11) is -3.68. The van der Waals surface area contributed by atoms with Crippen LogP contribution in [0.2, 0.25) is 0 Å². The minimum absolute atomic E-state index is 0.0704. The number of benzene rings is 2. The first-order valence-electron chi connectivity index (χ1n) is 9.92. The van der Waals surface area contributed by atoms with E-state index in [1.54, 1.807) is 17.0 Å². The molecule has 1 amide bonds. The number of carbonyl (C=O) groups is 1. The van der Waals surface area contributed by atoms with Crippen LogP contribution in [0.25, 0.3) is 11.0 Å². The van der Waals surface area contributed by atoms with Crippen LogP contribution in [-0.2, 0) is 10.0 Å². The lowest BCUT2D eigenvalue weighted by Crippen LogP contribution is -2.39. The van der Waals surface area contributed by atoms with Gasteiger partial charge >= 0.3 is 0 Å². The predicted molar refractivity (Wildman–Crippen MR) is 116 cm³/mol. The van der Waals surface area contributed by atoms with Crippen LogP contribution in [0.1, 0.15) is 34.9 Å². The highest BCUT2D eigenvalue weighted by Gasteiger charge is 2.28. The van der Waals surface area contributed by atoms with Gasteiger partial charge in [-0.3, -0.25) is 4.79 Å². The number of sulfonamides is 1. The quantitative estimate of drug-likeness (QED) is 0.595. The molecule has 1 aromatic heterocycles. The first-order valence-corrected chi connectivity index (χ1v) is 11.4. The Labute approximate surface area is 175 Å². The van der Waals surface area contributed by atoms with Crippen molar-refractivity contribution in [3.63, 3.8) is 0 Å². The number of amides is 1.